The summed E-state index contributed by atoms with van der Waals surface area (Å²) >= 11 is 0. The van der Waals surface area contributed by atoms with Crippen LogP contribution in [0.5, 0.6) is 0 Å². The third-order valence-corrected chi connectivity index (χ3v) is 4.41. The van der Waals surface area contributed by atoms with Crippen LogP contribution in [0.4, 0.5) is 0 Å². The molecule has 1 amide bonds. The maximum atomic E-state index is 11.5. The Balaban J connectivity index is 1.93. The first-order valence-corrected chi connectivity index (χ1v) is 6.79. The first kappa shape index (κ1) is 12.8. The highest BCUT2D eigenvalue weighted by Gasteiger charge is 2.41. The standard InChI is InChI=1S/C13H25N3O/c1-4-13(3,12(14)17)15-10-7-9(2)16(8-10)11-5-6-11/h9-11,15H,4-8H2,1-3H3,(H2,14,17). The number of hydrogen-bond donors (Lipinski definition) is 2. The van der Waals surface area contributed by atoms with Crippen molar-refractivity contribution in [3.63, 3.8) is 0 Å². The van der Waals surface area contributed by atoms with Gasteiger partial charge in [-0.25, -0.2) is 0 Å². The van der Waals surface area contributed by atoms with Gasteiger partial charge in [-0.05, 0) is 39.5 Å². The summed E-state index contributed by atoms with van der Waals surface area (Å²) < 4.78 is 0. The molecule has 4 nitrogen and oxygen atoms in total. The lowest BCUT2D eigenvalue weighted by molar-refractivity contribution is -0.124. The molecule has 1 saturated heterocycles. The van der Waals surface area contributed by atoms with Gasteiger partial charge in [0.2, 0.25) is 5.91 Å². The zero-order valence-corrected chi connectivity index (χ0v) is 11.2. The highest BCUT2D eigenvalue weighted by atomic mass is 16.1. The average molecular weight is 239 g/mol. The topological polar surface area (TPSA) is 58.4 Å². The Morgan fingerprint density at radius 1 is 1.53 bits per heavy atom. The van der Waals surface area contributed by atoms with E-state index in [2.05, 4.69) is 17.1 Å². The lowest BCUT2D eigenvalue weighted by Gasteiger charge is -2.30. The molecule has 98 valence electrons. The predicted molar refractivity (Wildman–Crippen MR) is 68.6 cm³/mol. The van der Waals surface area contributed by atoms with Gasteiger partial charge in [-0.1, -0.05) is 6.92 Å². The van der Waals surface area contributed by atoms with Crippen LogP contribution in [0.25, 0.3) is 0 Å². The third-order valence-electron chi connectivity index (χ3n) is 4.41. The molecule has 2 rings (SSSR count). The summed E-state index contributed by atoms with van der Waals surface area (Å²) in [6.45, 7) is 7.27. The minimum absolute atomic E-state index is 0.238. The molecule has 0 radical (unpaired) electrons. The molecule has 3 N–H and O–H groups in total. The van der Waals surface area contributed by atoms with Gasteiger partial charge in [0.25, 0.3) is 0 Å². The molecule has 1 heterocycles. The van der Waals surface area contributed by atoms with Crippen LogP contribution in [0.3, 0.4) is 0 Å². The van der Waals surface area contributed by atoms with Gasteiger partial charge in [-0.2, -0.15) is 0 Å². The van der Waals surface area contributed by atoms with Crippen molar-refractivity contribution in [3.05, 3.63) is 0 Å². The number of primary amides is 1. The van der Waals surface area contributed by atoms with Gasteiger partial charge in [0.1, 0.15) is 0 Å². The van der Waals surface area contributed by atoms with E-state index in [1.165, 1.54) is 12.8 Å². The fourth-order valence-electron chi connectivity index (χ4n) is 2.87. The van der Waals surface area contributed by atoms with Gasteiger partial charge in [-0.3, -0.25) is 15.0 Å². The SMILES string of the molecule is CCC(C)(NC1CC(C)N(C2CC2)C1)C(N)=O. The minimum atomic E-state index is -0.552. The number of amides is 1. The smallest absolute Gasteiger partial charge is 0.237 e. The molecule has 17 heavy (non-hydrogen) atoms. The molecule has 1 saturated carbocycles. The number of nitrogens with one attached hydrogen (secondary N) is 1. The number of carbonyl (C=O) groups excluding carboxylic acids is 1. The Bertz CT molecular complexity index is 303. The van der Waals surface area contributed by atoms with E-state index in [4.69, 9.17) is 5.73 Å². The Morgan fingerprint density at radius 3 is 2.65 bits per heavy atom. The van der Waals surface area contributed by atoms with E-state index in [-0.39, 0.29) is 5.91 Å². The van der Waals surface area contributed by atoms with Crippen LogP contribution in [0.15, 0.2) is 0 Å². The van der Waals surface area contributed by atoms with E-state index in [0.29, 0.717) is 12.1 Å². The number of rotatable bonds is 5. The van der Waals surface area contributed by atoms with Crippen molar-refractivity contribution in [2.45, 2.75) is 70.1 Å². The highest BCUT2D eigenvalue weighted by molar-refractivity contribution is 5.84. The van der Waals surface area contributed by atoms with Gasteiger partial charge < -0.3 is 5.73 Å². The van der Waals surface area contributed by atoms with E-state index >= 15 is 0 Å². The Kier molecular flexibility index (Phi) is 3.46. The maximum absolute atomic E-state index is 11.5. The number of nitrogens with zero attached hydrogens (tertiary/aromatic N) is 1. The van der Waals surface area contributed by atoms with Crippen LogP contribution in [-0.2, 0) is 4.79 Å². The first-order valence-electron chi connectivity index (χ1n) is 6.79. The van der Waals surface area contributed by atoms with Crippen molar-refractivity contribution in [2.24, 2.45) is 5.73 Å². The quantitative estimate of drug-likeness (QED) is 0.748. The normalized spacial score (nSPS) is 33.6. The molecule has 3 atom stereocenters. The molecule has 0 spiro atoms. The molecule has 0 aromatic carbocycles. The zero-order valence-electron chi connectivity index (χ0n) is 11.2. The monoisotopic (exact) mass is 239 g/mol. The van der Waals surface area contributed by atoms with Crippen LogP contribution in [0.1, 0.15) is 46.5 Å². The molecule has 1 aliphatic heterocycles. The summed E-state index contributed by atoms with van der Waals surface area (Å²) in [6, 6.07) is 1.84. The number of hydrogen-bond acceptors (Lipinski definition) is 3. The summed E-state index contributed by atoms with van der Waals surface area (Å²) in [7, 11) is 0. The van der Waals surface area contributed by atoms with E-state index < -0.39 is 5.54 Å². The van der Waals surface area contributed by atoms with E-state index in [1.807, 2.05) is 13.8 Å². The summed E-state index contributed by atoms with van der Waals surface area (Å²) in [5, 5.41) is 3.47. The number of carbonyl (C=O) groups is 1. The molecule has 0 bridgehead atoms. The van der Waals surface area contributed by atoms with Gasteiger partial charge in [0.05, 0.1) is 5.54 Å². The van der Waals surface area contributed by atoms with E-state index in [9.17, 15) is 4.79 Å². The zero-order chi connectivity index (χ0) is 12.6. The molecule has 4 heteroatoms. The summed E-state index contributed by atoms with van der Waals surface area (Å²) in [6.07, 6.45) is 4.56. The third kappa shape index (κ3) is 2.63. The molecule has 2 fully saturated rings. The van der Waals surface area contributed by atoms with Gasteiger partial charge in [0, 0.05) is 24.7 Å². The second-order valence-corrected chi connectivity index (χ2v) is 5.90. The fourth-order valence-corrected chi connectivity index (χ4v) is 2.87. The lowest BCUT2D eigenvalue weighted by Crippen LogP contribution is -2.56. The molecular weight excluding hydrogens is 214 g/mol. The predicted octanol–water partition coefficient (Wildman–Crippen LogP) is 0.855. The highest BCUT2D eigenvalue weighted by Crippen LogP contribution is 2.33. The molecule has 1 aliphatic carbocycles. The van der Waals surface area contributed by atoms with Gasteiger partial charge in [0.15, 0.2) is 0 Å². The summed E-state index contributed by atoms with van der Waals surface area (Å²) in [5.74, 6) is -0.238. The number of nitrogens with two attached hydrogens (primary N) is 1. The second-order valence-electron chi connectivity index (χ2n) is 5.90. The Labute approximate surface area is 104 Å². The van der Waals surface area contributed by atoms with Gasteiger partial charge in [-0.15, -0.1) is 0 Å². The molecule has 3 unspecified atom stereocenters. The Morgan fingerprint density at radius 2 is 2.18 bits per heavy atom. The molecule has 0 aromatic heterocycles. The second kappa shape index (κ2) is 4.58. The molecule has 0 aromatic rings. The van der Waals surface area contributed by atoms with Crippen molar-refractivity contribution in [1.29, 1.82) is 0 Å². The van der Waals surface area contributed by atoms with Crippen molar-refractivity contribution in [3.8, 4) is 0 Å². The minimum Gasteiger partial charge on any atom is -0.368 e. The first-order chi connectivity index (χ1) is 7.96. The average Bonchev–Trinajstić information content (AvgIpc) is 3.04. The number of likely N-dealkylation sites (tertiary alicyclic amines) is 1. The summed E-state index contributed by atoms with van der Waals surface area (Å²) in [5.41, 5.74) is 4.93. The fraction of sp³-hybridized carbons (Fsp3) is 0.923. The van der Waals surface area contributed by atoms with Crippen molar-refractivity contribution in [1.82, 2.24) is 10.2 Å². The van der Waals surface area contributed by atoms with Crippen LogP contribution in [0, 0.1) is 0 Å². The largest absolute Gasteiger partial charge is 0.368 e. The Hall–Kier alpha value is -0.610. The van der Waals surface area contributed by atoms with Crippen molar-refractivity contribution in [2.75, 3.05) is 6.54 Å². The van der Waals surface area contributed by atoms with E-state index in [0.717, 1.165) is 25.4 Å². The van der Waals surface area contributed by atoms with Gasteiger partial charge >= 0.3 is 0 Å². The summed E-state index contributed by atoms with van der Waals surface area (Å²) in [4.78, 5) is 14.1. The van der Waals surface area contributed by atoms with Crippen molar-refractivity contribution < 1.29 is 4.79 Å². The maximum Gasteiger partial charge on any atom is 0.237 e. The van der Waals surface area contributed by atoms with Crippen LogP contribution in [-0.4, -0.2) is 41.0 Å². The van der Waals surface area contributed by atoms with Crippen LogP contribution < -0.4 is 11.1 Å². The van der Waals surface area contributed by atoms with Crippen molar-refractivity contribution >= 4 is 5.91 Å². The molecular formula is C13H25N3O. The lowest BCUT2D eigenvalue weighted by atomic mass is 9.96. The van der Waals surface area contributed by atoms with Crippen LogP contribution in [0.2, 0.25) is 0 Å². The molecule has 2 aliphatic rings. The van der Waals surface area contributed by atoms with Crippen LogP contribution >= 0.6 is 0 Å². The van der Waals surface area contributed by atoms with E-state index in [1.54, 1.807) is 0 Å².